The second-order valence-corrected chi connectivity index (χ2v) is 4.44. The Morgan fingerprint density at radius 1 is 1.33 bits per heavy atom. The number of rotatable bonds is 4. The van der Waals surface area contributed by atoms with Gasteiger partial charge in [-0.15, -0.1) is 0 Å². The normalized spacial score (nSPS) is 14.8. The van der Waals surface area contributed by atoms with E-state index in [-0.39, 0.29) is 18.9 Å². The van der Waals surface area contributed by atoms with E-state index in [0.29, 0.717) is 6.54 Å². The van der Waals surface area contributed by atoms with Gasteiger partial charge < -0.3 is 10.0 Å². The number of amides is 1. The number of hydrogen-bond acceptors (Lipinski definition) is 2. The van der Waals surface area contributed by atoms with Crippen LogP contribution in [0.1, 0.15) is 17.5 Å². The van der Waals surface area contributed by atoms with Crippen molar-refractivity contribution >= 4 is 17.4 Å². The average molecular weight is 245 g/mol. The molecule has 4 nitrogen and oxygen atoms in total. The van der Waals surface area contributed by atoms with E-state index >= 15 is 0 Å². The van der Waals surface area contributed by atoms with Crippen molar-refractivity contribution in [3.63, 3.8) is 0 Å². The maximum absolute atomic E-state index is 11.7. The predicted octanol–water partition coefficient (Wildman–Crippen LogP) is 1.70. The molecule has 0 bridgehead atoms. The van der Waals surface area contributed by atoms with Crippen LogP contribution in [-0.2, 0) is 9.59 Å². The standard InChI is InChI=1S/C14H15NO3/c1-10-2-4-11(5-3-10)12-8-13(16)15(9-12)7-6-14(17)18/h2-5,8H,6-7,9H2,1H3,(H,17,18). The molecule has 1 aromatic rings. The van der Waals surface area contributed by atoms with Gasteiger partial charge >= 0.3 is 5.97 Å². The summed E-state index contributed by atoms with van der Waals surface area (Å²) < 4.78 is 0. The second-order valence-electron chi connectivity index (χ2n) is 4.44. The van der Waals surface area contributed by atoms with Gasteiger partial charge in [-0.2, -0.15) is 0 Å². The van der Waals surface area contributed by atoms with Gasteiger partial charge in [0.25, 0.3) is 0 Å². The third-order valence-corrected chi connectivity index (χ3v) is 2.99. The lowest BCUT2D eigenvalue weighted by atomic mass is 10.1. The van der Waals surface area contributed by atoms with Crippen molar-refractivity contribution in [3.05, 3.63) is 41.5 Å². The molecule has 94 valence electrons. The predicted molar refractivity (Wildman–Crippen MR) is 68.0 cm³/mol. The highest BCUT2D eigenvalue weighted by Crippen LogP contribution is 2.22. The van der Waals surface area contributed by atoms with E-state index in [4.69, 9.17) is 5.11 Å². The number of carboxylic acids is 1. The van der Waals surface area contributed by atoms with Crippen LogP contribution >= 0.6 is 0 Å². The van der Waals surface area contributed by atoms with Gasteiger partial charge in [-0.1, -0.05) is 29.8 Å². The van der Waals surface area contributed by atoms with Gasteiger partial charge in [-0.25, -0.2) is 0 Å². The summed E-state index contributed by atoms with van der Waals surface area (Å²) in [7, 11) is 0. The minimum Gasteiger partial charge on any atom is -0.481 e. The van der Waals surface area contributed by atoms with Crippen molar-refractivity contribution in [3.8, 4) is 0 Å². The minimum absolute atomic E-state index is 0.0131. The lowest BCUT2D eigenvalue weighted by Gasteiger charge is -2.15. The first-order valence-electron chi connectivity index (χ1n) is 5.84. The van der Waals surface area contributed by atoms with Crippen molar-refractivity contribution in [1.82, 2.24) is 4.90 Å². The van der Waals surface area contributed by atoms with Gasteiger partial charge in [0.2, 0.25) is 5.91 Å². The van der Waals surface area contributed by atoms with Crippen LogP contribution in [0.25, 0.3) is 5.57 Å². The molecule has 0 saturated carbocycles. The van der Waals surface area contributed by atoms with Crippen LogP contribution in [0.4, 0.5) is 0 Å². The first kappa shape index (κ1) is 12.4. The van der Waals surface area contributed by atoms with E-state index in [1.807, 2.05) is 31.2 Å². The molecule has 4 heteroatoms. The van der Waals surface area contributed by atoms with Crippen molar-refractivity contribution in [1.29, 1.82) is 0 Å². The molecule has 2 rings (SSSR count). The SMILES string of the molecule is Cc1ccc(C2=CC(=O)N(CCC(=O)O)C2)cc1. The van der Waals surface area contributed by atoms with Crippen molar-refractivity contribution in [2.45, 2.75) is 13.3 Å². The molecule has 1 heterocycles. The molecular formula is C14H15NO3. The topological polar surface area (TPSA) is 57.6 Å². The monoisotopic (exact) mass is 245 g/mol. The first-order chi connectivity index (χ1) is 8.56. The fraction of sp³-hybridized carbons (Fsp3) is 0.286. The highest BCUT2D eigenvalue weighted by atomic mass is 16.4. The number of carbonyl (C=O) groups excluding carboxylic acids is 1. The summed E-state index contributed by atoms with van der Waals surface area (Å²) in [4.78, 5) is 23.7. The summed E-state index contributed by atoms with van der Waals surface area (Å²) >= 11 is 0. The van der Waals surface area contributed by atoms with Crippen molar-refractivity contribution in [2.24, 2.45) is 0 Å². The molecule has 0 aromatic heterocycles. The molecule has 0 unspecified atom stereocenters. The highest BCUT2D eigenvalue weighted by Gasteiger charge is 2.22. The minimum atomic E-state index is -0.883. The Labute approximate surface area is 106 Å². The third kappa shape index (κ3) is 2.77. The molecule has 0 spiro atoms. The third-order valence-electron chi connectivity index (χ3n) is 2.99. The molecule has 1 aliphatic heterocycles. The van der Waals surface area contributed by atoms with Crippen molar-refractivity contribution < 1.29 is 14.7 Å². The maximum Gasteiger partial charge on any atom is 0.305 e. The summed E-state index contributed by atoms with van der Waals surface area (Å²) in [6, 6.07) is 7.96. The molecule has 1 N–H and O–H groups in total. The Kier molecular flexibility index (Phi) is 3.46. The summed E-state index contributed by atoms with van der Waals surface area (Å²) in [5.74, 6) is -0.988. The fourth-order valence-electron chi connectivity index (χ4n) is 1.93. The number of nitrogens with zero attached hydrogens (tertiary/aromatic N) is 1. The molecule has 0 aliphatic carbocycles. The second kappa shape index (κ2) is 5.04. The molecule has 0 saturated heterocycles. The Morgan fingerprint density at radius 2 is 2.00 bits per heavy atom. The van der Waals surface area contributed by atoms with Gasteiger partial charge in [0.1, 0.15) is 0 Å². The number of hydrogen-bond donors (Lipinski definition) is 1. The average Bonchev–Trinajstić information content (AvgIpc) is 2.69. The Balaban J connectivity index is 2.05. The van der Waals surface area contributed by atoms with Crippen LogP contribution in [-0.4, -0.2) is 35.0 Å². The van der Waals surface area contributed by atoms with Gasteiger partial charge in [0.15, 0.2) is 0 Å². The molecule has 0 radical (unpaired) electrons. The fourth-order valence-corrected chi connectivity index (χ4v) is 1.93. The number of benzene rings is 1. The van der Waals surface area contributed by atoms with Gasteiger partial charge in [0, 0.05) is 19.2 Å². The largest absolute Gasteiger partial charge is 0.481 e. The molecule has 1 aromatic carbocycles. The summed E-state index contributed by atoms with van der Waals surface area (Å²) in [5, 5.41) is 8.62. The lowest BCUT2D eigenvalue weighted by molar-refractivity contribution is -0.137. The Bertz CT molecular complexity index is 502. The zero-order valence-corrected chi connectivity index (χ0v) is 10.2. The van der Waals surface area contributed by atoms with E-state index in [0.717, 1.165) is 11.1 Å². The van der Waals surface area contributed by atoms with Crippen LogP contribution in [0.15, 0.2) is 30.3 Å². The van der Waals surface area contributed by atoms with E-state index in [1.54, 1.807) is 11.0 Å². The van der Waals surface area contributed by atoms with Gasteiger partial charge in [0.05, 0.1) is 6.42 Å². The van der Waals surface area contributed by atoms with E-state index in [2.05, 4.69) is 0 Å². The van der Waals surface area contributed by atoms with Crippen LogP contribution in [0.2, 0.25) is 0 Å². The molecule has 0 atom stereocenters. The number of aliphatic carboxylic acids is 1. The van der Waals surface area contributed by atoms with E-state index in [1.165, 1.54) is 5.56 Å². The van der Waals surface area contributed by atoms with Crippen molar-refractivity contribution in [2.75, 3.05) is 13.1 Å². The van der Waals surface area contributed by atoms with E-state index < -0.39 is 5.97 Å². The molecule has 18 heavy (non-hydrogen) atoms. The maximum atomic E-state index is 11.7. The van der Waals surface area contributed by atoms with Gasteiger partial charge in [-0.05, 0) is 18.1 Å². The van der Waals surface area contributed by atoms with E-state index in [9.17, 15) is 9.59 Å². The summed E-state index contributed by atoms with van der Waals surface area (Å²) in [6.45, 7) is 2.77. The summed E-state index contributed by atoms with van der Waals surface area (Å²) in [6.07, 6.45) is 1.58. The van der Waals surface area contributed by atoms with Crippen LogP contribution < -0.4 is 0 Å². The number of carbonyl (C=O) groups is 2. The molecular weight excluding hydrogens is 230 g/mol. The quantitative estimate of drug-likeness (QED) is 0.878. The smallest absolute Gasteiger partial charge is 0.305 e. The highest BCUT2D eigenvalue weighted by molar-refractivity contribution is 6.00. The number of carboxylic acid groups (broad SMARTS) is 1. The summed E-state index contributed by atoms with van der Waals surface area (Å²) in [5.41, 5.74) is 3.14. The zero-order chi connectivity index (χ0) is 13.1. The van der Waals surface area contributed by atoms with Gasteiger partial charge in [-0.3, -0.25) is 9.59 Å². The van der Waals surface area contributed by atoms with Crippen LogP contribution in [0.3, 0.4) is 0 Å². The first-order valence-corrected chi connectivity index (χ1v) is 5.84. The van der Waals surface area contributed by atoms with Crippen LogP contribution in [0, 0.1) is 6.92 Å². The Morgan fingerprint density at radius 3 is 2.61 bits per heavy atom. The Hall–Kier alpha value is -2.10. The van der Waals surface area contributed by atoms with Crippen LogP contribution in [0.5, 0.6) is 0 Å². The molecule has 1 amide bonds. The lowest BCUT2D eigenvalue weighted by Crippen LogP contribution is -2.28. The zero-order valence-electron chi connectivity index (χ0n) is 10.2. The molecule has 1 aliphatic rings. The number of aryl methyl sites for hydroxylation is 1. The molecule has 0 fully saturated rings.